The van der Waals surface area contributed by atoms with E-state index in [-0.39, 0.29) is 17.9 Å². The van der Waals surface area contributed by atoms with Crippen molar-refractivity contribution in [3.63, 3.8) is 0 Å². The van der Waals surface area contributed by atoms with Crippen molar-refractivity contribution in [2.75, 3.05) is 19.9 Å². The van der Waals surface area contributed by atoms with Crippen molar-refractivity contribution in [1.82, 2.24) is 9.80 Å². The number of nitrogens with zero attached hydrogens (tertiary/aromatic N) is 2. The number of aliphatic hydroxyl groups is 1. The Bertz CT molecular complexity index is 1010. The zero-order chi connectivity index (χ0) is 20.8. The maximum absolute atomic E-state index is 13.4. The number of hydrogen-bond acceptors (Lipinski definition) is 6. The van der Waals surface area contributed by atoms with E-state index in [0.717, 1.165) is 17.7 Å². The summed E-state index contributed by atoms with van der Waals surface area (Å²) in [6, 6.07) is 9.91. The van der Waals surface area contributed by atoms with E-state index in [1.54, 1.807) is 47.4 Å². The first kappa shape index (κ1) is 18.6. The normalized spacial score (nSPS) is 19.2. The third-order valence-electron chi connectivity index (χ3n) is 5.81. The van der Waals surface area contributed by atoms with Crippen molar-refractivity contribution in [1.29, 1.82) is 0 Å². The first-order chi connectivity index (χ1) is 14.6. The zero-order valence-corrected chi connectivity index (χ0v) is 16.1. The number of rotatable bonds is 4. The number of aliphatic hydroxyl groups excluding tert-OH is 1. The molecule has 30 heavy (non-hydrogen) atoms. The first-order valence-electron chi connectivity index (χ1n) is 9.89. The maximum atomic E-state index is 13.4. The lowest BCUT2D eigenvalue weighted by Crippen LogP contribution is -2.53. The van der Waals surface area contributed by atoms with E-state index < -0.39 is 29.9 Å². The van der Waals surface area contributed by atoms with Crippen LogP contribution >= 0.6 is 0 Å². The van der Waals surface area contributed by atoms with Crippen LogP contribution in [0.2, 0.25) is 0 Å². The highest BCUT2D eigenvalue weighted by atomic mass is 16.7. The number of carbonyl (C=O) groups is 3. The predicted molar refractivity (Wildman–Crippen MR) is 104 cm³/mol. The van der Waals surface area contributed by atoms with E-state index in [1.807, 2.05) is 0 Å². The smallest absolute Gasteiger partial charge is 0.262 e. The van der Waals surface area contributed by atoms with Crippen LogP contribution in [0.3, 0.4) is 0 Å². The fraction of sp³-hybridized carbons (Fsp3) is 0.318. The lowest BCUT2D eigenvalue weighted by atomic mass is 10.1. The molecule has 0 saturated carbocycles. The number of hydrogen-bond donors (Lipinski definition) is 1. The molecule has 8 heteroatoms. The quantitative estimate of drug-likeness (QED) is 0.772. The average molecular weight is 410 g/mol. The summed E-state index contributed by atoms with van der Waals surface area (Å²) in [7, 11) is 0. The van der Waals surface area contributed by atoms with Crippen LogP contribution in [0.1, 0.15) is 45.2 Å². The maximum Gasteiger partial charge on any atom is 0.262 e. The van der Waals surface area contributed by atoms with Crippen LogP contribution < -0.4 is 9.47 Å². The van der Waals surface area contributed by atoms with Gasteiger partial charge < -0.3 is 19.5 Å². The highest BCUT2D eigenvalue weighted by Gasteiger charge is 2.47. The molecular weight excluding hydrogens is 390 g/mol. The summed E-state index contributed by atoms with van der Waals surface area (Å²) in [5.74, 6) is -0.608. The molecule has 0 unspecified atom stereocenters. The van der Waals surface area contributed by atoms with E-state index in [0.29, 0.717) is 30.2 Å². The van der Waals surface area contributed by atoms with Gasteiger partial charge in [-0.05, 0) is 42.7 Å². The standard InChI is InChI=1S/C22H20N2O6/c25-19(13-7-8-16-17(11-13)30-12-29-16)18(22(28)23-9-3-4-10-23)24-20(26)14-5-1-2-6-15(14)21(24)27/h1-2,5-8,11,18-19,25H,3-4,9-10,12H2/t18-,19-/m0/s1/i19+2. The third-order valence-corrected chi connectivity index (χ3v) is 5.81. The molecule has 154 valence electrons. The molecule has 3 heterocycles. The van der Waals surface area contributed by atoms with Gasteiger partial charge in [0.2, 0.25) is 12.7 Å². The van der Waals surface area contributed by atoms with Gasteiger partial charge in [0.15, 0.2) is 11.5 Å². The number of carbonyl (C=O) groups excluding carboxylic acids is 3. The van der Waals surface area contributed by atoms with E-state index in [1.165, 1.54) is 0 Å². The van der Waals surface area contributed by atoms with Gasteiger partial charge in [0, 0.05) is 13.1 Å². The molecule has 3 aliphatic rings. The van der Waals surface area contributed by atoms with Gasteiger partial charge >= 0.3 is 0 Å². The van der Waals surface area contributed by atoms with Gasteiger partial charge in [0.05, 0.1) is 11.1 Å². The van der Waals surface area contributed by atoms with Crippen molar-refractivity contribution < 1.29 is 29.0 Å². The largest absolute Gasteiger partial charge is 0.454 e. The first-order valence-corrected chi connectivity index (χ1v) is 9.89. The van der Waals surface area contributed by atoms with Crippen molar-refractivity contribution in [2.45, 2.75) is 25.0 Å². The Kier molecular flexibility index (Phi) is 4.43. The van der Waals surface area contributed by atoms with Crippen LogP contribution in [0.15, 0.2) is 42.5 Å². The monoisotopic (exact) mass is 410 g/mol. The minimum atomic E-state index is -1.41. The van der Waals surface area contributed by atoms with Crippen LogP contribution in [-0.2, 0) is 4.79 Å². The van der Waals surface area contributed by atoms with Crippen LogP contribution in [0.25, 0.3) is 0 Å². The predicted octanol–water partition coefficient (Wildman–Crippen LogP) is 1.74. The molecule has 5 rings (SSSR count). The molecule has 0 radical (unpaired) electrons. The van der Waals surface area contributed by atoms with Gasteiger partial charge in [-0.15, -0.1) is 0 Å². The highest BCUT2D eigenvalue weighted by Crippen LogP contribution is 2.37. The topological polar surface area (TPSA) is 96.4 Å². The summed E-state index contributed by atoms with van der Waals surface area (Å²) in [4.78, 5) is 42.0. The molecule has 3 amide bonds. The van der Waals surface area contributed by atoms with Crippen LogP contribution in [0.4, 0.5) is 0 Å². The number of ether oxygens (including phenoxy) is 2. The molecule has 2 atom stereocenters. The number of fused-ring (bicyclic) bond motifs is 2. The Balaban J connectivity index is 1.55. The Morgan fingerprint density at radius 1 is 0.967 bits per heavy atom. The zero-order valence-electron chi connectivity index (χ0n) is 16.1. The van der Waals surface area contributed by atoms with E-state index in [2.05, 4.69) is 0 Å². The number of likely N-dealkylation sites (tertiary alicyclic amines) is 1. The fourth-order valence-corrected chi connectivity index (χ4v) is 4.25. The van der Waals surface area contributed by atoms with Crippen LogP contribution in [-0.4, -0.2) is 58.6 Å². The Morgan fingerprint density at radius 3 is 2.27 bits per heavy atom. The Labute approximate surface area is 172 Å². The van der Waals surface area contributed by atoms with Crippen LogP contribution in [0, 0.1) is 0 Å². The molecule has 1 saturated heterocycles. The molecule has 3 aliphatic heterocycles. The second kappa shape index (κ2) is 7.14. The lowest BCUT2D eigenvalue weighted by molar-refractivity contribution is -0.138. The molecule has 0 aromatic heterocycles. The van der Waals surface area contributed by atoms with Gasteiger partial charge in [-0.3, -0.25) is 19.3 Å². The second-order valence-corrected chi connectivity index (χ2v) is 7.56. The minimum Gasteiger partial charge on any atom is -0.454 e. The molecule has 2 aromatic carbocycles. The van der Waals surface area contributed by atoms with Gasteiger partial charge in [-0.2, -0.15) is 0 Å². The molecule has 0 bridgehead atoms. The summed E-state index contributed by atoms with van der Waals surface area (Å²) in [6.45, 7) is 1.14. The van der Waals surface area contributed by atoms with E-state index in [4.69, 9.17) is 9.47 Å². The summed E-state index contributed by atoms with van der Waals surface area (Å²) >= 11 is 0. The summed E-state index contributed by atoms with van der Waals surface area (Å²) in [5, 5.41) is 11.2. The Morgan fingerprint density at radius 2 is 1.60 bits per heavy atom. The third kappa shape index (κ3) is 2.83. The molecule has 8 nitrogen and oxygen atoms in total. The van der Waals surface area contributed by atoms with Gasteiger partial charge in [-0.1, -0.05) is 18.2 Å². The van der Waals surface area contributed by atoms with Gasteiger partial charge in [-0.25, -0.2) is 0 Å². The summed E-state index contributed by atoms with van der Waals surface area (Å²) in [5.41, 5.74) is 0.840. The van der Waals surface area contributed by atoms with Crippen molar-refractivity contribution in [3.05, 3.63) is 59.2 Å². The molecule has 0 aliphatic carbocycles. The SMILES string of the molecule is O=C([C@H]([14C@@H](O)c1ccc2c(c1)OCO2)N1C(=O)c2ccccc2C1=O)N1CCCC1. The number of imide groups is 1. The Hall–Kier alpha value is -3.39. The average Bonchev–Trinajstić information content (AvgIpc) is 3.50. The molecular formula is C22H20N2O6. The van der Waals surface area contributed by atoms with E-state index >= 15 is 0 Å². The molecule has 1 N–H and O–H groups in total. The molecule has 1 fully saturated rings. The van der Waals surface area contributed by atoms with Crippen molar-refractivity contribution >= 4 is 17.7 Å². The summed E-state index contributed by atoms with van der Waals surface area (Å²) in [6.07, 6.45) is 0.288. The van der Waals surface area contributed by atoms with Gasteiger partial charge in [0.1, 0.15) is 12.1 Å². The minimum absolute atomic E-state index is 0.0728. The number of benzene rings is 2. The molecule has 2 aromatic rings. The highest BCUT2D eigenvalue weighted by molar-refractivity contribution is 6.23. The second-order valence-electron chi connectivity index (χ2n) is 7.56. The summed E-state index contributed by atoms with van der Waals surface area (Å²) < 4.78 is 10.7. The van der Waals surface area contributed by atoms with E-state index in [9.17, 15) is 19.5 Å². The molecule has 0 spiro atoms. The lowest BCUT2D eigenvalue weighted by Gasteiger charge is -2.32. The number of amides is 3. The fourth-order valence-electron chi connectivity index (χ4n) is 4.25. The van der Waals surface area contributed by atoms with Crippen LogP contribution in [0.5, 0.6) is 11.5 Å². The van der Waals surface area contributed by atoms with Gasteiger partial charge in [0.25, 0.3) is 11.8 Å². The van der Waals surface area contributed by atoms with Crippen molar-refractivity contribution in [2.24, 2.45) is 0 Å². The van der Waals surface area contributed by atoms with Crippen molar-refractivity contribution in [3.8, 4) is 11.5 Å².